The molecule has 0 amide bonds. The van der Waals surface area contributed by atoms with Crippen molar-refractivity contribution >= 4 is 17.6 Å². The number of aromatic nitrogens is 2. The van der Waals surface area contributed by atoms with E-state index in [0.29, 0.717) is 28.6 Å². The summed E-state index contributed by atoms with van der Waals surface area (Å²) < 4.78 is 12.2. The van der Waals surface area contributed by atoms with Crippen molar-refractivity contribution in [3.05, 3.63) is 34.5 Å². The number of fused-ring (bicyclic) bond motifs is 1. The number of aromatic carboxylic acids is 1. The topological polar surface area (TPSA) is 73.6 Å². The first kappa shape index (κ1) is 13.0. The number of carboxylic acid groups (broad SMARTS) is 1. The van der Waals surface area contributed by atoms with Gasteiger partial charge in [0.15, 0.2) is 12.5 Å². The SMILES string of the molecule is Cn1nc(C(=O)O)cc1-c1cc(Cl)cc2c1OCOC2. The van der Waals surface area contributed by atoms with Gasteiger partial charge in [-0.25, -0.2) is 4.79 Å². The van der Waals surface area contributed by atoms with E-state index >= 15 is 0 Å². The zero-order chi connectivity index (χ0) is 14.3. The van der Waals surface area contributed by atoms with Crippen LogP contribution >= 0.6 is 11.6 Å². The Bertz CT molecular complexity index is 696. The Balaban J connectivity index is 2.19. The van der Waals surface area contributed by atoms with Gasteiger partial charge in [-0.2, -0.15) is 5.10 Å². The van der Waals surface area contributed by atoms with Gasteiger partial charge in [0.05, 0.1) is 12.3 Å². The quantitative estimate of drug-likeness (QED) is 0.920. The first-order valence-corrected chi connectivity index (χ1v) is 6.24. The first-order valence-electron chi connectivity index (χ1n) is 5.87. The molecule has 1 aromatic carbocycles. The van der Waals surface area contributed by atoms with Crippen LogP contribution in [0.2, 0.25) is 5.02 Å². The summed E-state index contributed by atoms with van der Waals surface area (Å²) >= 11 is 6.10. The summed E-state index contributed by atoms with van der Waals surface area (Å²) in [6, 6.07) is 5.00. The number of ether oxygens (including phenoxy) is 2. The molecule has 3 rings (SSSR count). The molecule has 104 valence electrons. The van der Waals surface area contributed by atoms with Gasteiger partial charge in [-0.1, -0.05) is 11.6 Å². The lowest BCUT2D eigenvalue weighted by molar-refractivity contribution is -0.0159. The molecular weight excluding hydrogens is 284 g/mol. The van der Waals surface area contributed by atoms with E-state index in [0.717, 1.165) is 5.56 Å². The van der Waals surface area contributed by atoms with Crippen LogP contribution in [-0.2, 0) is 18.4 Å². The van der Waals surface area contributed by atoms with E-state index in [1.165, 1.54) is 10.7 Å². The fourth-order valence-electron chi connectivity index (χ4n) is 2.19. The Hall–Kier alpha value is -2.05. The van der Waals surface area contributed by atoms with Crippen LogP contribution < -0.4 is 4.74 Å². The summed E-state index contributed by atoms with van der Waals surface area (Å²) in [5.41, 5.74) is 2.14. The first-order chi connectivity index (χ1) is 9.56. The van der Waals surface area contributed by atoms with Crippen LogP contribution in [0.5, 0.6) is 5.75 Å². The highest BCUT2D eigenvalue weighted by molar-refractivity contribution is 6.31. The molecule has 1 aliphatic heterocycles. The second-order valence-corrected chi connectivity index (χ2v) is 4.83. The van der Waals surface area contributed by atoms with Gasteiger partial charge in [-0.3, -0.25) is 4.68 Å². The molecule has 1 aromatic heterocycles. The van der Waals surface area contributed by atoms with Crippen LogP contribution in [0.15, 0.2) is 18.2 Å². The molecule has 0 saturated heterocycles. The van der Waals surface area contributed by atoms with Crippen LogP contribution in [0.3, 0.4) is 0 Å². The van der Waals surface area contributed by atoms with Gasteiger partial charge < -0.3 is 14.6 Å². The van der Waals surface area contributed by atoms with E-state index in [9.17, 15) is 4.79 Å². The molecule has 0 fully saturated rings. The van der Waals surface area contributed by atoms with Crippen molar-refractivity contribution in [2.45, 2.75) is 6.61 Å². The lowest BCUT2D eigenvalue weighted by Gasteiger charge is -2.21. The van der Waals surface area contributed by atoms with Gasteiger partial charge >= 0.3 is 5.97 Å². The molecule has 2 aromatic rings. The van der Waals surface area contributed by atoms with Crippen molar-refractivity contribution in [2.24, 2.45) is 7.05 Å². The van der Waals surface area contributed by atoms with Crippen LogP contribution in [0.25, 0.3) is 11.3 Å². The Morgan fingerprint density at radius 2 is 2.25 bits per heavy atom. The molecule has 0 radical (unpaired) electrons. The number of rotatable bonds is 2. The number of nitrogens with zero attached hydrogens (tertiary/aromatic N) is 2. The van der Waals surface area contributed by atoms with E-state index < -0.39 is 5.97 Å². The molecule has 0 unspecified atom stereocenters. The predicted octanol–water partition coefficient (Wildman–Crippen LogP) is 2.31. The van der Waals surface area contributed by atoms with Crippen molar-refractivity contribution in [3.63, 3.8) is 0 Å². The minimum atomic E-state index is -1.08. The van der Waals surface area contributed by atoms with E-state index in [-0.39, 0.29) is 12.5 Å². The summed E-state index contributed by atoms with van der Waals surface area (Å²) in [7, 11) is 1.67. The van der Waals surface area contributed by atoms with Gasteiger partial charge in [0.2, 0.25) is 0 Å². The summed E-state index contributed by atoms with van der Waals surface area (Å²) in [5, 5.41) is 13.5. The number of carbonyl (C=O) groups is 1. The van der Waals surface area contributed by atoms with E-state index in [1.807, 2.05) is 0 Å². The molecule has 1 N–H and O–H groups in total. The minimum absolute atomic E-state index is 0.0247. The van der Waals surface area contributed by atoms with Crippen molar-refractivity contribution < 1.29 is 19.4 Å². The predicted molar refractivity (Wildman–Crippen MR) is 70.9 cm³/mol. The maximum absolute atomic E-state index is 11.0. The largest absolute Gasteiger partial charge is 0.476 e. The maximum atomic E-state index is 11.0. The number of halogens is 1. The molecular formula is C13H11ClN2O4. The summed E-state index contributed by atoms with van der Waals surface area (Å²) in [5.74, 6) is -0.424. The summed E-state index contributed by atoms with van der Waals surface area (Å²) in [6.07, 6.45) is 0. The third-order valence-corrected chi connectivity index (χ3v) is 3.27. The number of carboxylic acids is 1. The van der Waals surface area contributed by atoms with Gasteiger partial charge in [-0.15, -0.1) is 0 Å². The molecule has 1 aliphatic rings. The highest BCUT2D eigenvalue weighted by Crippen LogP contribution is 2.38. The third-order valence-electron chi connectivity index (χ3n) is 3.05. The monoisotopic (exact) mass is 294 g/mol. The maximum Gasteiger partial charge on any atom is 0.356 e. The van der Waals surface area contributed by atoms with Crippen LogP contribution in [0.4, 0.5) is 0 Å². The molecule has 0 saturated carbocycles. The average molecular weight is 295 g/mol. The second-order valence-electron chi connectivity index (χ2n) is 4.40. The zero-order valence-electron chi connectivity index (χ0n) is 10.6. The van der Waals surface area contributed by atoms with Crippen molar-refractivity contribution in [3.8, 4) is 17.0 Å². The Kier molecular flexibility index (Phi) is 3.11. The molecule has 0 spiro atoms. The number of hydrogen-bond acceptors (Lipinski definition) is 4. The molecule has 7 heteroatoms. The molecule has 2 heterocycles. The fraction of sp³-hybridized carbons (Fsp3) is 0.231. The lowest BCUT2D eigenvalue weighted by Crippen LogP contribution is -2.12. The molecule has 6 nitrogen and oxygen atoms in total. The Labute approximate surface area is 119 Å². The standard InChI is InChI=1S/C13H11ClN2O4/c1-16-11(4-10(15-16)13(17)18)9-3-8(14)2-7-5-19-6-20-12(7)9/h2-4H,5-6H2,1H3,(H,17,18). The lowest BCUT2D eigenvalue weighted by atomic mass is 10.1. The van der Waals surface area contributed by atoms with Gasteiger partial charge in [-0.05, 0) is 18.2 Å². The number of hydrogen-bond donors (Lipinski definition) is 1. The van der Waals surface area contributed by atoms with Crippen molar-refractivity contribution in [1.82, 2.24) is 9.78 Å². The van der Waals surface area contributed by atoms with E-state index in [4.69, 9.17) is 26.2 Å². The highest BCUT2D eigenvalue weighted by atomic mass is 35.5. The van der Waals surface area contributed by atoms with Crippen LogP contribution in [0.1, 0.15) is 16.1 Å². The van der Waals surface area contributed by atoms with Gasteiger partial charge in [0.25, 0.3) is 0 Å². The van der Waals surface area contributed by atoms with Crippen molar-refractivity contribution in [2.75, 3.05) is 6.79 Å². The summed E-state index contributed by atoms with van der Waals surface area (Å²) in [4.78, 5) is 11.0. The fourth-order valence-corrected chi connectivity index (χ4v) is 2.43. The Morgan fingerprint density at radius 1 is 1.45 bits per heavy atom. The Morgan fingerprint density at radius 3 is 2.95 bits per heavy atom. The summed E-state index contributed by atoms with van der Waals surface area (Å²) in [6.45, 7) is 0.567. The van der Waals surface area contributed by atoms with Gasteiger partial charge in [0.1, 0.15) is 5.75 Å². The zero-order valence-corrected chi connectivity index (χ0v) is 11.3. The third kappa shape index (κ3) is 2.13. The molecule has 20 heavy (non-hydrogen) atoms. The average Bonchev–Trinajstić information content (AvgIpc) is 2.80. The van der Waals surface area contributed by atoms with Crippen LogP contribution in [-0.4, -0.2) is 27.6 Å². The molecule has 0 atom stereocenters. The normalized spacial score (nSPS) is 13.7. The number of aryl methyl sites for hydroxylation is 1. The van der Waals surface area contributed by atoms with Crippen LogP contribution in [0, 0.1) is 0 Å². The molecule has 0 bridgehead atoms. The smallest absolute Gasteiger partial charge is 0.356 e. The molecule has 0 aliphatic carbocycles. The number of benzene rings is 1. The van der Waals surface area contributed by atoms with Crippen molar-refractivity contribution in [1.29, 1.82) is 0 Å². The second kappa shape index (κ2) is 4.81. The highest BCUT2D eigenvalue weighted by Gasteiger charge is 2.21. The minimum Gasteiger partial charge on any atom is -0.476 e. The van der Waals surface area contributed by atoms with Gasteiger partial charge in [0, 0.05) is 23.2 Å². The van der Waals surface area contributed by atoms with E-state index in [1.54, 1.807) is 19.2 Å². The van der Waals surface area contributed by atoms with E-state index in [2.05, 4.69) is 5.10 Å².